The number of benzene rings is 3. The van der Waals surface area contributed by atoms with Gasteiger partial charge in [-0.2, -0.15) is 18.2 Å². The number of hydrogen-bond acceptors (Lipinski definition) is 8. The summed E-state index contributed by atoms with van der Waals surface area (Å²) in [4.78, 5) is 49.6. The van der Waals surface area contributed by atoms with E-state index in [1.165, 1.54) is 11.0 Å². The fourth-order valence-electron chi connectivity index (χ4n) is 8.65. The molecule has 3 amide bonds. The summed E-state index contributed by atoms with van der Waals surface area (Å²) in [5.74, 6) is -3.70. The van der Waals surface area contributed by atoms with Crippen molar-refractivity contribution >= 4 is 44.5 Å². The van der Waals surface area contributed by atoms with Crippen LogP contribution in [0, 0.1) is 11.7 Å². The van der Waals surface area contributed by atoms with E-state index >= 15 is 0 Å². The molecule has 0 bridgehead atoms. The molecule has 5 atom stereocenters. The summed E-state index contributed by atoms with van der Waals surface area (Å²) in [5.41, 5.74) is -0.996. The van der Waals surface area contributed by atoms with Crippen LogP contribution in [0.5, 0.6) is 6.01 Å². The Bertz CT molecular complexity index is 2520. The van der Waals surface area contributed by atoms with Crippen LogP contribution >= 0.6 is 0 Å². The zero-order chi connectivity index (χ0) is 44.2. The molecule has 0 radical (unpaired) electrons. The number of alkyl halides is 3. The number of amides is 3. The maximum Gasteiger partial charge on any atom is 0.419 e. The molecule has 330 valence electrons. The second-order valence-electron chi connectivity index (χ2n) is 17.5. The predicted octanol–water partition coefficient (Wildman–Crippen LogP) is 7.66. The summed E-state index contributed by atoms with van der Waals surface area (Å²) < 4.78 is 91.7. The number of carbonyl (C=O) groups excluding carboxylic acids is 3. The first-order valence-corrected chi connectivity index (χ1v) is 22.6. The number of allylic oxidation sites excluding steroid dienone is 1. The van der Waals surface area contributed by atoms with E-state index in [1.807, 2.05) is 56.3 Å². The molecule has 1 aromatic heterocycles. The van der Waals surface area contributed by atoms with Gasteiger partial charge in [0.1, 0.15) is 35.1 Å². The number of nitrogens with zero attached hydrogens (tertiary/aromatic N) is 3. The van der Waals surface area contributed by atoms with Gasteiger partial charge in [-0.15, -0.1) is 0 Å². The van der Waals surface area contributed by atoms with Gasteiger partial charge in [-0.05, 0) is 95.2 Å². The van der Waals surface area contributed by atoms with E-state index in [9.17, 15) is 40.4 Å². The van der Waals surface area contributed by atoms with Crippen LogP contribution in [0.15, 0.2) is 78.9 Å². The zero-order valence-corrected chi connectivity index (χ0v) is 35.5. The molecule has 1 saturated heterocycles. The van der Waals surface area contributed by atoms with Crippen molar-refractivity contribution < 1.29 is 45.1 Å². The number of ether oxygens (including phenoxy) is 1. The Balaban J connectivity index is 1.14. The third-order valence-corrected chi connectivity index (χ3v) is 14.8. The molecule has 2 aliphatic heterocycles. The number of anilines is 1. The molecule has 62 heavy (non-hydrogen) atoms. The Labute approximate surface area is 357 Å². The Morgan fingerprint density at radius 1 is 1.02 bits per heavy atom. The van der Waals surface area contributed by atoms with Gasteiger partial charge in [-0.25, -0.2) is 12.8 Å². The molecule has 17 heteroatoms. The van der Waals surface area contributed by atoms with Gasteiger partial charge >= 0.3 is 6.18 Å². The van der Waals surface area contributed by atoms with Crippen molar-refractivity contribution in [3.8, 4) is 17.1 Å². The molecule has 3 heterocycles. The Hall–Kier alpha value is -5.45. The molecule has 4 aromatic rings. The number of halogens is 4. The average molecular weight is 879 g/mol. The van der Waals surface area contributed by atoms with Crippen LogP contribution in [0.2, 0.25) is 0 Å². The number of carbonyl (C=O) groups is 3. The quantitative estimate of drug-likeness (QED) is 0.115. The SMILES string of the molecule is CC(C)n1c(O[C@@H]2C[C@H]3C(=O)N[C@]4(C(=O)NS(=O)(=O)C5(C)CC5)C[C@H]4/C=C\CCCCC[C@H](Nc4ccccc4)C(=O)N3C2)nc2c(-c3ccc(F)c(C(F)(F)F)c3)cccc21. The van der Waals surface area contributed by atoms with Gasteiger partial charge in [0, 0.05) is 29.6 Å². The molecule has 4 aliphatic rings. The topological polar surface area (TPSA) is 152 Å². The van der Waals surface area contributed by atoms with E-state index < -0.39 is 73.8 Å². The fraction of sp³-hybridized carbons (Fsp3) is 0.467. The van der Waals surface area contributed by atoms with Crippen molar-refractivity contribution in [2.75, 3.05) is 11.9 Å². The van der Waals surface area contributed by atoms with E-state index in [0.717, 1.165) is 25.0 Å². The van der Waals surface area contributed by atoms with E-state index in [2.05, 4.69) is 15.4 Å². The van der Waals surface area contributed by atoms with Crippen molar-refractivity contribution in [3.63, 3.8) is 0 Å². The number of nitrogens with one attached hydrogen (secondary N) is 3. The minimum atomic E-state index is -4.92. The van der Waals surface area contributed by atoms with Gasteiger partial charge < -0.3 is 20.3 Å². The smallest absolute Gasteiger partial charge is 0.419 e. The highest BCUT2D eigenvalue weighted by molar-refractivity contribution is 7.91. The summed E-state index contributed by atoms with van der Waals surface area (Å²) in [6, 6.07) is 15.0. The third kappa shape index (κ3) is 8.39. The number of hydrogen-bond donors (Lipinski definition) is 3. The highest BCUT2D eigenvalue weighted by Gasteiger charge is 2.63. The fourth-order valence-corrected chi connectivity index (χ4v) is 9.96. The van der Waals surface area contributed by atoms with Crippen LogP contribution in [-0.4, -0.2) is 75.6 Å². The molecule has 3 aromatic carbocycles. The van der Waals surface area contributed by atoms with Crippen LogP contribution < -0.4 is 20.1 Å². The van der Waals surface area contributed by atoms with E-state index in [1.54, 1.807) is 29.7 Å². The van der Waals surface area contributed by atoms with Crippen molar-refractivity contribution in [1.29, 1.82) is 0 Å². The lowest BCUT2D eigenvalue weighted by atomic mass is 10.0. The highest BCUT2D eigenvalue weighted by Crippen LogP contribution is 2.48. The van der Waals surface area contributed by atoms with Gasteiger partial charge in [0.15, 0.2) is 0 Å². The number of fused-ring (bicyclic) bond motifs is 3. The Kier molecular flexibility index (Phi) is 11.4. The lowest BCUT2D eigenvalue weighted by Gasteiger charge is -2.30. The average Bonchev–Trinajstić information content (AvgIpc) is 4.04. The largest absolute Gasteiger partial charge is 0.459 e. The zero-order valence-electron chi connectivity index (χ0n) is 34.7. The molecule has 2 aliphatic carbocycles. The lowest BCUT2D eigenvalue weighted by molar-refractivity contribution is -0.140. The number of imidazole rings is 1. The second kappa shape index (κ2) is 16.3. The number of para-hydroxylation sites is 2. The van der Waals surface area contributed by atoms with Crippen LogP contribution in [-0.2, 0) is 30.6 Å². The summed E-state index contributed by atoms with van der Waals surface area (Å²) >= 11 is 0. The van der Waals surface area contributed by atoms with E-state index in [0.29, 0.717) is 54.4 Å². The van der Waals surface area contributed by atoms with Gasteiger partial charge in [0.2, 0.25) is 21.8 Å². The van der Waals surface area contributed by atoms with Gasteiger partial charge in [0.25, 0.3) is 11.9 Å². The normalized spacial score (nSPS) is 25.8. The maximum absolute atomic E-state index is 14.8. The minimum absolute atomic E-state index is 0.0226. The first kappa shape index (κ1) is 43.2. The first-order chi connectivity index (χ1) is 29.4. The van der Waals surface area contributed by atoms with Crippen molar-refractivity contribution in [2.24, 2.45) is 5.92 Å². The molecule has 3 N–H and O–H groups in total. The minimum Gasteiger partial charge on any atom is -0.459 e. The van der Waals surface area contributed by atoms with Crippen LogP contribution in [0.25, 0.3) is 22.2 Å². The molecule has 12 nitrogen and oxygen atoms in total. The monoisotopic (exact) mass is 878 g/mol. The number of rotatable bonds is 9. The predicted molar refractivity (Wildman–Crippen MR) is 225 cm³/mol. The maximum atomic E-state index is 14.8. The Morgan fingerprint density at radius 3 is 2.48 bits per heavy atom. The van der Waals surface area contributed by atoms with Crippen LogP contribution in [0.3, 0.4) is 0 Å². The van der Waals surface area contributed by atoms with Crippen LogP contribution in [0.1, 0.15) is 90.2 Å². The van der Waals surface area contributed by atoms with E-state index in [-0.39, 0.29) is 42.9 Å². The standard InChI is InChI=1S/C45H50F4N6O6S/c1-27(2)55-36-18-12-16-32(28-19-20-34(46)33(23-28)45(47,48)49)38(36)51-42(55)61-31-24-37-39(56)52-44(41(58)53-62(59,60)43(3)21-22-43)25-29(44)13-8-5-4-6-11-17-35(40(57)54(37)26-31)50-30-14-9-7-10-15-30/h7-10,12-16,18-20,23,27,29,31,35,37,50H,4-6,11,17,21-22,24-26H2,1-3H3,(H,52,56)(H,53,58)/b13-8-/t29-,31-,35+,37+,44-/m1/s1. The highest BCUT2D eigenvalue weighted by atomic mass is 32.2. The molecule has 0 unspecified atom stereocenters. The summed E-state index contributed by atoms with van der Waals surface area (Å²) in [6.07, 6.45) is 2.55. The molecule has 8 rings (SSSR count). The van der Waals surface area contributed by atoms with Gasteiger partial charge in [-0.3, -0.25) is 23.7 Å². The first-order valence-electron chi connectivity index (χ1n) is 21.1. The lowest BCUT2D eigenvalue weighted by Crippen LogP contribution is -2.58. The van der Waals surface area contributed by atoms with Gasteiger partial charge in [0.05, 0.1) is 22.4 Å². The summed E-state index contributed by atoms with van der Waals surface area (Å²) in [7, 11) is -4.03. The number of sulfonamides is 1. The number of aromatic nitrogens is 2. The molecular weight excluding hydrogens is 829 g/mol. The van der Waals surface area contributed by atoms with Crippen LogP contribution in [0.4, 0.5) is 23.2 Å². The van der Waals surface area contributed by atoms with E-state index in [4.69, 9.17) is 9.72 Å². The molecular formula is C45H50F4N6O6S. The van der Waals surface area contributed by atoms with Crippen molar-refractivity contribution in [1.82, 2.24) is 24.5 Å². The third-order valence-electron chi connectivity index (χ3n) is 12.6. The van der Waals surface area contributed by atoms with Crippen molar-refractivity contribution in [2.45, 2.75) is 119 Å². The van der Waals surface area contributed by atoms with Gasteiger partial charge in [-0.1, -0.05) is 61.4 Å². The Morgan fingerprint density at radius 2 is 1.77 bits per heavy atom. The summed E-state index contributed by atoms with van der Waals surface area (Å²) in [5, 5.41) is 6.27. The molecule has 2 saturated carbocycles. The summed E-state index contributed by atoms with van der Waals surface area (Å²) in [6.45, 7) is 5.28. The molecule has 3 fully saturated rings. The van der Waals surface area contributed by atoms with Crippen molar-refractivity contribution in [3.05, 3.63) is 90.3 Å². The second-order valence-corrected chi connectivity index (χ2v) is 19.7. The molecule has 0 spiro atoms.